The summed E-state index contributed by atoms with van der Waals surface area (Å²) in [6.45, 7) is 2.86. The van der Waals surface area contributed by atoms with Crippen molar-refractivity contribution < 1.29 is 28.3 Å². The van der Waals surface area contributed by atoms with E-state index in [0.29, 0.717) is 42.2 Å². The van der Waals surface area contributed by atoms with Crippen molar-refractivity contribution in [2.24, 2.45) is 0 Å². The zero-order valence-electron chi connectivity index (χ0n) is 20.8. The van der Waals surface area contributed by atoms with Gasteiger partial charge in [-0.15, -0.1) is 0 Å². The smallest absolute Gasteiger partial charge is 0.257 e. The summed E-state index contributed by atoms with van der Waals surface area (Å²) in [6, 6.07) is 14.0. The number of amides is 3. The third kappa shape index (κ3) is 5.51. The molecule has 1 N–H and O–H groups in total. The van der Waals surface area contributed by atoms with Gasteiger partial charge < -0.3 is 29.0 Å². The average Bonchev–Trinajstić information content (AvgIpc) is 3.43. The van der Waals surface area contributed by atoms with Gasteiger partial charge >= 0.3 is 0 Å². The molecule has 9 nitrogen and oxygen atoms in total. The molecule has 2 atom stereocenters. The van der Waals surface area contributed by atoms with Crippen molar-refractivity contribution in [3.05, 3.63) is 83.3 Å². The number of nitrogens with zero attached hydrogens (tertiary/aromatic N) is 2. The first-order valence-electron chi connectivity index (χ1n) is 12.2. The van der Waals surface area contributed by atoms with Crippen LogP contribution >= 0.6 is 0 Å². The quantitative estimate of drug-likeness (QED) is 0.546. The van der Waals surface area contributed by atoms with E-state index in [1.165, 1.54) is 17.4 Å². The Bertz CT molecular complexity index is 1310. The maximum atomic E-state index is 13.1. The van der Waals surface area contributed by atoms with Crippen LogP contribution in [0.3, 0.4) is 0 Å². The summed E-state index contributed by atoms with van der Waals surface area (Å²) in [5.74, 6) is 0.419. The van der Waals surface area contributed by atoms with Gasteiger partial charge in [-0.1, -0.05) is 18.2 Å². The number of hydrogen-bond acceptors (Lipinski definition) is 6. The van der Waals surface area contributed by atoms with Gasteiger partial charge in [0.15, 0.2) is 0 Å². The normalized spacial score (nSPS) is 20.6. The van der Waals surface area contributed by atoms with Gasteiger partial charge in [-0.05, 0) is 54.8 Å². The number of fused-ring (bicyclic) bond motifs is 5. The van der Waals surface area contributed by atoms with Crippen LogP contribution in [0.25, 0.3) is 0 Å². The standard InChI is InChI=1S/C28H29N3O6/c1-18-6-7-20-13-25(18)37-22-5-3-4-19(12-22)16-36-24-8-10-31(28(34)21-9-11-35-17-21)14-23(24)29-26(32)15-30(2)27(20)33/h3-7,9,11-13,17,23-24H,8,10,14-16H2,1-2H3,(H,29,32)/t23-,24+/m0/s1. The molecule has 1 aromatic heterocycles. The van der Waals surface area contributed by atoms with Crippen molar-refractivity contribution in [2.75, 3.05) is 26.7 Å². The minimum atomic E-state index is -0.445. The predicted octanol–water partition coefficient (Wildman–Crippen LogP) is 3.38. The molecule has 2 aliphatic heterocycles. The molecule has 1 saturated heterocycles. The summed E-state index contributed by atoms with van der Waals surface area (Å²) >= 11 is 0. The number of ether oxygens (including phenoxy) is 2. The molecular weight excluding hydrogens is 474 g/mol. The molecule has 3 aromatic rings. The molecular formula is C28H29N3O6. The minimum Gasteiger partial charge on any atom is -0.472 e. The van der Waals surface area contributed by atoms with E-state index in [0.717, 1.165) is 11.1 Å². The summed E-state index contributed by atoms with van der Waals surface area (Å²) in [6.07, 6.45) is 3.10. The van der Waals surface area contributed by atoms with Crippen LogP contribution in [-0.4, -0.2) is 66.3 Å². The second kappa shape index (κ2) is 10.5. The van der Waals surface area contributed by atoms with Crippen molar-refractivity contribution in [1.29, 1.82) is 0 Å². The Morgan fingerprint density at radius 3 is 2.78 bits per heavy atom. The SMILES string of the molecule is Cc1ccc2cc1Oc1cccc(c1)CO[C@@H]1CCN(C(=O)c3ccoc3)C[C@@H]1NC(=O)CN(C)C2=O. The summed E-state index contributed by atoms with van der Waals surface area (Å²) in [7, 11) is 1.58. The first-order valence-corrected chi connectivity index (χ1v) is 12.2. The van der Waals surface area contributed by atoms with Crippen LogP contribution in [0.4, 0.5) is 0 Å². The van der Waals surface area contributed by atoms with E-state index < -0.39 is 6.04 Å². The molecule has 2 aromatic carbocycles. The zero-order valence-corrected chi connectivity index (χ0v) is 20.8. The molecule has 2 aliphatic rings. The van der Waals surface area contributed by atoms with E-state index in [1.54, 1.807) is 30.1 Å². The number of rotatable bonds is 1. The van der Waals surface area contributed by atoms with Crippen molar-refractivity contribution in [3.63, 3.8) is 0 Å². The molecule has 4 bridgehead atoms. The largest absolute Gasteiger partial charge is 0.472 e. The Balaban J connectivity index is 1.42. The Morgan fingerprint density at radius 2 is 1.97 bits per heavy atom. The third-order valence-corrected chi connectivity index (χ3v) is 6.70. The maximum absolute atomic E-state index is 13.1. The lowest BCUT2D eigenvalue weighted by Crippen LogP contribution is -2.58. The van der Waals surface area contributed by atoms with Gasteiger partial charge in [0.05, 0.1) is 37.1 Å². The van der Waals surface area contributed by atoms with E-state index in [2.05, 4.69) is 5.32 Å². The number of furan rings is 1. The van der Waals surface area contributed by atoms with Crippen molar-refractivity contribution in [1.82, 2.24) is 15.1 Å². The fourth-order valence-corrected chi connectivity index (χ4v) is 4.65. The number of hydrogen-bond donors (Lipinski definition) is 1. The van der Waals surface area contributed by atoms with Crippen LogP contribution in [0.5, 0.6) is 11.5 Å². The molecule has 0 radical (unpaired) electrons. The lowest BCUT2D eigenvalue weighted by atomic mass is 10.0. The van der Waals surface area contributed by atoms with Crippen LogP contribution in [0, 0.1) is 6.92 Å². The molecule has 3 heterocycles. The topological polar surface area (TPSA) is 101 Å². The van der Waals surface area contributed by atoms with Gasteiger partial charge in [0, 0.05) is 25.7 Å². The van der Waals surface area contributed by atoms with E-state index in [4.69, 9.17) is 13.9 Å². The third-order valence-electron chi connectivity index (χ3n) is 6.70. The maximum Gasteiger partial charge on any atom is 0.257 e. The highest BCUT2D eigenvalue weighted by Crippen LogP contribution is 2.28. The first-order chi connectivity index (χ1) is 17.9. The highest BCUT2D eigenvalue weighted by molar-refractivity contribution is 5.97. The molecule has 37 heavy (non-hydrogen) atoms. The lowest BCUT2D eigenvalue weighted by molar-refractivity contribution is -0.124. The van der Waals surface area contributed by atoms with Crippen molar-refractivity contribution >= 4 is 17.7 Å². The van der Waals surface area contributed by atoms with Crippen molar-refractivity contribution in [3.8, 4) is 11.5 Å². The Labute approximate surface area is 214 Å². The molecule has 0 saturated carbocycles. The number of piperidine rings is 1. The van der Waals surface area contributed by atoms with Gasteiger partial charge in [-0.2, -0.15) is 0 Å². The van der Waals surface area contributed by atoms with E-state index in [1.807, 2.05) is 37.3 Å². The van der Waals surface area contributed by atoms with Gasteiger partial charge in [-0.3, -0.25) is 14.4 Å². The molecule has 192 valence electrons. The molecule has 3 amide bonds. The van der Waals surface area contributed by atoms with Crippen molar-refractivity contribution in [2.45, 2.75) is 32.1 Å². The zero-order chi connectivity index (χ0) is 25.9. The van der Waals surface area contributed by atoms with Gasteiger partial charge in [0.2, 0.25) is 5.91 Å². The van der Waals surface area contributed by atoms with E-state index in [9.17, 15) is 14.4 Å². The minimum absolute atomic E-state index is 0.138. The highest BCUT2D eigenvalue weighted by Gasteiger charge is 2.34. The highest BCUT2D eigenvalue weighted by atomic mass is 16.5. The van der Waals surface area contributed by atoms with Gasteiger partial charge in [0.25, 0.3) is 11.8 Å². The number of benzene rings is 2. The molecule has 0 aliphatic carbocycles. The molecule has 0 spiro atoms. The van der Waals surface area contributed by atoms with Crippen LogP contribution < -0.4 is 10.1 Å². The fourth-order valence-electron chi connectivity index (χ4n) is 4.65. The molecule has 5 rings (SSSR count). The number of carbonyl (C=O) groups excluding carboxylic acids is 3. The number of likely N-dealkylation sites (N-methyl/N-ethyl adjacent to an activating group) is 1. The van der Waals surface area contributed by atoms with E-state index >= 15 is 0 Å². The Hall–Kier alpha value is -4.11. The Kier molecular flexibility index (Phi) is 6.96. The summed E-state index contributed by atoms with van der Waals surface area (Å²) in [4.78, 5) is 42.1. The monoisotopic (exact) mass is 503 g/mol. The number of aryl methyl sites for hydroxylation is 1. The second-order valence-electron chi connectivity index (χ2n) is 9.47. The first kappa shape index (κ1) is 24.6. The number of carbonyl (C=O) groups is 3. The fraction of sp³-hybridized carbons (Fsp3) is 0.321. The van der Waals surface area contributed by atoms with Gasteiger partial charge in [0.1, 0.15) is 17.8 Å². The number of likely N-dealkylation sites (tertiary alicyclic amines) is 1. The summed E-state index contributed by atoms with van der Waals surface area (Å²) < 4.78 is 17.4. The Morgan fingerprint density at radius 1 is 1.11 bits per heavy atom. The van der Waals surface area contributed by atoms with Crippen LogP contribution in [0.15, 0.2) is 65.5 Å². The molecule has 0 unspecified atom stereocenters. The molecule has 9 heteroatoms. The number of nitrogens with one attached hydrogen (secondary N) is 1. The van der Waals surface area contributed by atoms with E-state index in [-0.39, 0.29) is 36.9 Å². The summed E-state index contributed by atoms with van der Waals surface area (Å²) in [5.41, 5.74) is 2.68. The van der Waals surface area contributed by atoms with Crippen LogP contribution in [0.1, 0.15) is 38.3 Å². The summed E-state index contributed by atoms with van der Waals surface area (Å²) in [5, 5.41) is 3.00. The lowest BCUT2D eigenvalue weighted by Gasteiger charge is -2.39. The molecule has 1 fully saturated rings. The predicted molar refractivity (Wildman–Crippen MR) is 134 cm³/mol. The average molecular weight is 504 g/mol. The second-order valence-corrected chi connectivity index (χ2v) is 9.47. The van der Waals surface area contributed by atoms with Gasteiger partial charge in [-0.25, -0.2) is 0 Å². The van der Waals surface area contributed by atoms with Crippen LogP contribution in [0.2, 0.25) is 0 Å². The van der Waals surface area contributed by atoms with Crippen LogP contribution in [-0.2, 0) is 16.1 Å².